The van der Waals surface area contributed by atoms with Crippen molar-refractivity contribution in [1.82, 2.24) is 4.90 Å². The average molecular weight is 200 g/mol. The Morgan fingerprint density at radius 2 is 1.71 bits per heavy atom. The Bertz CT molecular complexity index is 133. The van der Waals surface area contributed by atoms with Crippen molar-refractivity contribution in [2.24, 2.45) is 5.73 Å². The van der Waals surface area contributed by atoms with E-state index in [2.05, 4.69) is 4.90 Å². The van der Waals surface area contributed by atoms with Crippen LogP contribution in [0.5, 0.6) is 0 Å². The van der Waals surface area contributed by atoms with Crippen LogP contribution in [0.2, 0.25) is 0 Å². The maximum absolute atomic E-state index is 5.76. The summed E-state index contributed by atoms with van der Waals surface area (Å²) in [5.74, 6) is 0. The topological polar surface area (TPSA) is 38.5 Å². The zero-order valence-corrected chi connectivity index (χ0v) is 9.37. The fraction of sp³-hybridized carbons (Fsp3) is 1.00. The van der Waals surface area contributed by atoms with E-state index in [1.165, 1.54) is 45.2 Å². The van der Waals surface area contributed by atoms with E-state index in [-0.39, 0.29) is 0 Å². The van der Waals surface area contributed by atoms with Crippen LogP contribution in [0.1, 0.15) is 32.1 Å². The fourth-order valence-corrected chi connectivity index (χ4v) is 2.15. The largest absolute Gasteiger partial charge is 0.383 e. The lowest BCUT2D eigenvalue weighted by Gasteiger charge is -2.31. The zero-order valence-electron chi connectivity index (χ0n) is 9.37. The Balaban J connectivity index is 2.35. The lowest BCUT2D eigenvalue weighted by molar-refractivity contribution is 0.0882. The van der Waals surface area contributed by atoms with Crippen LogP contribution >= 0.6 is 0 Å². The van der Waals surface area contributed by atoms with Crippen LogP contribution in [0, 0.1) is 0 Å². The SMILES string of the molecule is COCC(CN)N1CCCCCCC1. The first-order valence-corrected chi connectivity index (χ1v) is 5.81. The maximum atomic E-state index is 5.76. The second kappa shape index (κ2) is 7.21. The molecule has 3 heteroatoms. The Morgan fingerprint density at radius 3 is 2.21 bits per heavy atom. The Morgan fingerprint density at radius 1 is 1.14 bits per heavy atom. The number of hydrogen-bond acceptors (Lipinski definition) is 3. The molecule has 1 unspecified atom stereocenters. The summed E-state index contributed by atoms with van der Waals surface area (Å²) in [6.45, 7) is 3.89. The molecule has 1 atom stereocenters. The third-order valence-corrected chi connectivity index (χ3v) is 3.04. The zero-order chi connectivity index (χ0) is 10.2. The van der Waals surface area contributed by atoms with E-state index in [1.807, 2.05) is 0 Å². The highest BCUT2D eigenvalue weighted by molar-refractivity contribution is 4.73. The van der Waals surface area contributed by atoms with Crippen molar-refractivity contribution >= 4 is 0 Å². The Labute approximate surface area is 87.6 Å². The van der Waals surface area contributed by atoms with E-state index in [1.54, 1.807) is 7.11 Å². The second-order valence-corrected chi connectivity index (χ2v) is 4.15. The van der Waals surface area contributed by atoms with Gasteiger partial charge >= 0.3 is 0 Å². The van der Waals surface area contributed by atoms with Gasteiger partial charge in [-0.3, -0.25) is 4.90 Å². The van der Waals surface area contributed by atoms with Crippen molar-refractivity contribution in [3.63, 3.8) is 0 Å². The molecular weight excluding hydrogens is 176 g/mol. The first-order chi connectivity index (χ1) is 6.88. The van der Waals surface area contributed by atoms with Gasteiger partial charge in [0.25, 0.3) is 0 Å². The molecule has 14 heavy (non-hydrogen) atoms. The smallest absolute Gasteiger partial charge is 0.0630 e. The molecule has 0 bridgehead atoms. The number of hydrogen-bond donors (Lipinski definition) is 1. The summed E-state index contributed by atoms with van der Waals surface area (Å²) in [5.41, 5.74) is 5.76. The van der Waals surface area contributed by atoms with Crippen LogP contribution in [0.4, 0.5) is 0 Å². The van der Waals surface area contributed by atoms with Crippen molar-refractivity contribution in [3.05, 3.63) is 0 Å². The molecular formula is C11H24N2O. The third kappa shape index (κ3) is 3.95. The number of nitrogens with two attached hydrogens (primary N) is 1. The molecule has 0 amide bonds. The van der Waals surface area contributed by atoms with Crippen LogP contribution in [-0.2, 0) is 4.74 Å². The fourth-order valence-electron chi connectivity index (χ4n) is 2.15. The van der Waals surface area contributed by atoms with Crippen molar-refractivity contribution in [3.8, 4) is 0 Å². The predicted molar refractivity (Wildman–Crippen MR) is 59.4 cm³/mol. The molecule has 0 radical (unpaired) electrons. The molecule has 84 valence electrons. The van der Waals surface area contributed by atoms with Crippen LogP contribution in [0.25, 0.3) is 0 Å². The molecule has 1 aliphatic heterocycles. The van der Waals surface area contributed by atoms with Gasteiger partial charge in [0.1, 0.15) is 0 Å². The van der Waals surface area contributed by atoms with Gasteiger partial charge in [0.2, 0.25) is 0 Å². The van der Waals surface area contributed by atoms with Crippen molar-refractivity contribution in [1.29, 1.82) is 0 Å². The minimum absolute atomic E-state index is 0.429. The normalized spacial score (nSPS) is 22.7. The van der Waals surface area contributed by atoms with Gasteiger partial charge in [-0.25, -0.2) is 0 Å². The first-order valence-electron chi connectivity index (χ1n) is 5.81. The van der Waals surface area contributed by atoms with Crippen LogP contribution in [-0.4, -0.2) is 44.3 Å². The van der Waals surface area contributed by atoms with Crippen molar-refractivity contribution in [2.75, 3.05) is 33.4 Å². The summed E-state index contributed by atoms with van der Waals surface area (Å²) in [4.78, 5) is 2.50. The molecule has 0 aliphatic carbocycles. The average Bonchev–Trinajstić information content (AvgIpc) is 2.15. The monoisotopic (exact) mass is 200 g/mol. The molecule has 1 aliphatic rings. The first kappa shape index (κ1) is 12.0. The molecule has 0 saturated carbocycles. The number of methoxy groups -OCH3 is 1. The van der Waals surface area contributed by atoms with Gasteiger partial charge in [-0.2, -0.15) is 0 Å². The highest BCUT2D eigenvalue weighted by Gasteiger charge is 2.17. The molecule has 1 saturated heterocycles. The quantitative estimate of drug-likeness (QED) is 0.741. The number of nitrogens with zero attached hydrogens (tertiary/aromatic N) is 1. The van der Waals surface area contributed by atoms with Crippen molar-refractivity contribution in [2.45, 2.75) is 38.1 Å². The molecule has 3 nitrogen and oxygen atoms in total. The van der Waals surface area contributed by atoms with E-state index in [0.29, 0.717) is 12.6 Å². The predicted octanol–water partition coefficient (Wildman–Crippen LogP) is 1.23. The molecule has 1 rings (SSSR count). The van der Waals surface area contributed by atoms with E-state index in [0.717, 1.165) is 6.61 Å². The van der Waals surface area contributed by atoms with Crippen LogP contribution in [0.15, 0.2) is 0 Å². The van der Waals surface area contributed by atoms with Gasteiger partial charge in [0.15, 0.2) is 0 Å². The third-order valence-electron chi connectivity index (χ3n) is 3.04. The highest BCUT2D eigenvalue weighted by atomic mass is 16.5. The molecule has 2 N–H and O–H groups in total. The van der Waals surface area contributed by atoms with Crippen molar-refractivity contribution < 1.29 is 4.74 Å². The van der Waals surface area contributed by atoms with Gasteiger partial charge in [0.05, 0.1) is 6.61 Å². The summed E-state index contributed by atoms with van der Waals surface area (Å²) in [7, 11) is 1.76. The molecule has 0 aromatic carbocycles. The highest BCUT2D eigenvalue weighted by Crippen LogP contribution is 2.12. The Kier molecular flexibility index (Phi) is 6.15. The minimum Gasteiger partial charge on any atom is -0.383 e. The van der Waals surface area contributed by atoms with E-state index in [9.17, 15) is 0 Å². The van der Waals surface area contributed by atoms with Gasteiger partial charge in [0, 0.05) is 19.7 Å². The number of likely N-dealkylation sites (tertiary alicyclic amines) is 1. The lowest BCUT2D eigenvalue weighted by Crippen LogP contribution is -2.45. The van der Waals surface area contributed by atoms with Gasteiger partial charge in [-0.1, -0.05) is 19.3 Å². The summed E-state index contributed by atoms with van der Waals surface area (Å²) in [6.07, 6.45) is 6.80. The van der Waals surface area contributed by atoms with E-state index in [4.69, 9.17) is 10.5 Å². The van der Waals surface area contributed by atoms with E-state index < -0.39 is 0 Å². The standard InChI is InChI=1S/C11H24N2O/c1-14-10-11(9-12)13-7-5-3-2-4-6-8-13/h11H,2-10,12H2,1H3. The van der Waals surface area contributed by atoms with E-state index >= 15 is 0 Å². The van der Waals surface area contributed by atoms with Gasteiger partial charge in [-0.05, 0) is 25.9 Å². The molecule has 0 aromatic rings. The summed E-state index contributed by atoms with van der Waals surface area (Å²) in [5, 5.41) is 0. The van der Waals surface area contributed by atoms with Crippen LogP contribution < -0.4 is 5.73 Å². The number of rotatable bonds is 4. The van der Waals surface area contributed by atoms with Crippen LogP contribution in [0.3, 0.4) is 0 Å². The molecule has 1 heterocycles. The minimum atomic E-state index is 0.429. The Hall–Kier alpha value is -0.120. The van der Waals surface area contributed by atoms with Gasteiger partial charge < -0.3 is 10.5 Å². The lowest BCUT2D eigenvalue weighted by atomic mass is 10.1. The van der Waals surface area contributed by atoms with Gasteiger partial charge in [-0.15, -0.1) is 0 Å². The molecule has 1 fully saturated rings. The summed E-state index contributed by atoms with van der Waals surface area (Å²) < 4.78 is 5.20. The summed E-state index contributed by atoms with van der Waals surface area (Å²) in [6, 6.07) is 0.429. The number of ether oxygens (including phenoxy) is 1. The molecule has 0 spiro atoms. The second-order valence-electron chi connectivity index (χ2n) is 4.15. The summed E-state index contributed by atoms with van der Waals surface area (Å²) >= 11 is 0. The maximum Gasteiger partial charge on any atom is 0.0630 e. The molecule has 0 aromatic heterocycles.